The molecule has 0 N–H and O–H groups in total. The molecule has 0 spiro atoms. The summed E-state index contributed by atoms with van der Waals surface area (Å²) >= 11 is 0. The number of nitrogens with zero attached hydrogens (tertiary/aromatic N) is 1. The highest BCUT2D eigenvalue weighted by Gasteiger charge is 2.47. The van der Waals surface area contributed by atoms with Gasteiger partial charge in [-0.15, -0.1) is 0 Å². The predicted molar refractivity (Wildman–Crippen MR) is 58.6 cm³/mol. The van der Waals surface area contributed by atoms with E-state index in [2.05, 4.69) is 0 Å². The van der Waals surface area contributed by atoms with Gasteiger partial charge in [0.05, 0.1) is 0 Å². The standard InChI is InChI=1S/C9H18ClNO2S/c1-8(2)6-5-7-9(3,4)11(8)14(10,12)13/h5-7H2,1-4H3. The quantitative estimate of drug-likeness (QED) is 0.660. The molecule has 0 aromatic rings. The Hall–Kier alpha value is 0.200. The summed E-state index contributed by atoms with van der Waals surface area (Å²) in [6.07, 6.45) is 2.77. The smallest absolute Gasteiger partial charge is 0.195 e. The summed E-state index contributed by atoms with van der Waals surface area (Å²) in [5.41, 5.74) is -0.745. The Bertz CT molecular complexity index is 306. The third-order valence-corrected chi connectivity index (χ3v) is 4.73. The maximum Gasteiger partial charge on any atom is 0.300 e. The molecule has 0 aliphatic carbocycles. The Labute approximate surface area is 91.0 Å². The molecule has 0 saturated carbocycles. The lowest BCUT2D eigenvalue weighted by Crippen LogP contribution is -2.59. The zero-order valence-electron chi connectivity index (χ0n) is 9.17. The largest absolute Gasteiger partial charge is 0.300 e. The molecule has 1 rings (SSSR count). The van der Waals surface area contributed by atoms with E-state index in [4.69, 9.17) is 10.7 Å². The lowest BCUT2D eigenvalue weighted by Gasteiger charge is -2.49. The lowest BCUT2D eigenvalue weighted by molar-refractivity contribution is 0.0584. The Morgan fingerprint density at radius 1 is 1.07 bits per heavy atom. The van der Waals surface area contributed by atoms with Crippen molar-refractivity contribution in [3.8, 4) is 0 Å². The van der Waals surface area contributed by atoms with E-state index in [9.17, 15) is 8.42 Å². The third kappa shape index (κ3) is 2.23. The van der Waals surface area contributed by atoms with Crippen LogP contribution in [0.15, 0.2) is 0 Å². The molecule has 5 heteroatoms. The van der Waals surface area contributed by atoms with Gasteiger partial charge in [-0.3, -0.25) is 0 Å². The summed E-state index contributed by atoms with van der Waals surface area (Å²) in [5, 5.41) is 0. The first kappa shape index (κ1) is 12.3. The normalized spacial score (nSPS) is 27.5. The molecule has 1 aliphatic heterocycles. The van der Waals surface area contributed by atoms with E-state index in [1.807, 2.05) is 27.7 Å². The van der Waals surface area contributed by atoms with Crippen LogP contribution in [0.1, 0.15) is 47.0 Å². The molecule has 1 aliphatic rings. The van der Waals surface area contributed by atoms with E-state index in [1.165, 1.54) is 4.31 Å². The predicted octanol–water partition coefficient (Wildman–Crippen LogP) is 2.51. The van der Waals surface area contributed by atoms with Crippen LogP contribution in [0.5, 0.6) is 0 Å². The molecule has 0 unspecified atom stereocenters. The van der Waals surface area contributed by atoms with Gasteiger partial charge in [0.25, 0.3) is 0 Å². The van der Waals surface area contributed by atoms with Crippen LogP contribution in [0.25, 0.3) is 0 Å². The van der Waals surface area contributed by atoms with E-state index < -0.39 is 9.24 Å². The molecular formula is C9H18ClNO2S. The number of halogens is 1. The van der Waals surface area contributed by atoms with Crippen molar-refractivity contribution in [3.63, 3.8) is 0 Å². The minimum atomic E-state index is -3.64. The van der Waals surface area contributed by atoms with Crippen LogP contribution >= 0.6 is 10.7 Å². The zero-order chi connectivity index (χ0) is 11.2. The van der Waals surface area contributed by atoms with Crippen molar-refractivity contribution in [2.75, 3.05) is 0 Å². The molecule has 0 aromatic heterocycles. The summed E-state index contributed by atoms with van der Waals surface area (Å²) in [7, 11) is 1.84. The maximum absolute atomic E-state index is 11.5. The van der Waals surface area contributed by atoms with E-state index >= 15 is 0 Å². The van der Waals surface area contributed by atoms with Gasteiger partial charge in [0.15, 0.2) is 0 Å². The number of rotatable bonds is 1. The van der Waals surface area contributed by atoms with Gasteiger partial charge in [-0.25, -0.2) is 0 Å². The average Bonchev–Trinajstić information content (AvgIpc) is 1.76. The van der Waals surface area contributed by atoms with Crippen LogP contribution in [0, 0.1) is 0 Å². The van der Waals surface area contributed by atoms with Gasteiger partial charge in [0.1, 0.15) is 0 Å². The maximum atomic E-state index is 11.5. The topological polar surface area (TPSA) is 37.4 Å². The second-order valence-corrected chi connectivity index (χ2v) is 7.54. The first-order valence-electron chi connectivity index (χ1n) is 4.82. The van der Waals surface area contributed by atoms with E-state index in [-0.39, 0.29) is 11.1 Å². The van der Waals surface area contributed by atoms with Crippen molar-refractivity contribution in [3.05, 3.63) is 0 Å². The van der Waals surface area contributed by atoms with Crippen LogP contribution < -0.4 is 0 Å². The first-order chi connectivity index (χ1) is 6.07. The molecule has 1 fully saturated rings. The fraction of sp³-hybridized carbons (Fsp3) is 1.00. The Kier molecular flexibility index (Phi) is 2.94. The molecule has 3 nitrogen and oxygen atoms in total. The number of hydrogen-bond donors (Lipinski definition) is 0. The van der Waals surface area contributed by atoms with Gasteiger partial charge in [0, 0.05) is 21.8 Å². The van der Waals surface area contributed by atoms with Gasteiger partial charge in [-0.2, -0.15) is 12.7 Å². The van der Waals surface area contributed by atoms with Crippen LogP contribution in [0.4, 0.5) is 0 Å². The number of piperidine rings is 1. The molecule has 0 aromatic carbocycles. The molecule has 14 heavy (non-hydrogen) atoms. The van der Waals surface area contributed by atoms with E-state index in [0.717, 1.165) is 19.3 Å². The van der Waals surface area contributed by atoms with Crippen LogP contribution in [0.2, 0.25) is 0 Å². The van der Waals surface area contributed by atoms with Gasteiger partial charge in [0.2, 0.25) is 0 Å². The highest BCUT2D eigenvalue weighted by molar-refractivity contribution is 8.11. The molecule has 1 heterocycles. The van der Waals surface area contributed by atoms with Crippen molar-refractivity contribution >= 4 is 19.9 Å². The fourth-order valence-electron chi connectivity index (χ4n) is 2.57. The Morgan fingerprint density at radius 3 is 1.64 bits per heavy atom. The van der Waals surface area contributed by atoms with Crippen LogP contribution in [-0.4, -0.2) is 23.8 Å². The van der Waals surface area contributed by atoms with Crippen molar-refractivity contribution in [1.82, 2.24) is 4.31 Å². The van der Waals surface area contributed by atoms with Crippen molar-refractivity contribution in [1.29, 1.82) is 0 Å². The van der Waals surface area contributed by atoms with E-state index in [1.54, 1.807) is 0 Å². The zero-order valence-corrected chi connectivity index (χ0v) is 10.7. The summed E-state index contributed by atoms with van der Waals surface area (Å²) in [4.78, 5) is 0. The second-order valence-electron chi connectivity index (χ2n) is 5.18. The summed E-state index contributed by atoms with van der Waals surface area (Å²) in [6, 6.07) is 0. The van der Waals surface area contributed by atoms with E-state index in [0.29, 0.717) is 0 Å². The second kappa shape index (κ2) is 3.35. The molecular weight excluding hydrogens is 222 g/mol. The molecule has 0 atom stereocenters. The molecule has 84 valence electrons. The summed E-state index contributed by atoms with van der Waals surface area (Å²) in [5.74, 6) is 0. The third-order valence-electron chi connectivity index (χ3n) is 2.89. The Balaban J connectivity index is 3.17. The minimum absolute atomic E-state index is 0.373. The molecule has 0 bridgehead atoms. The SMILES string of the molecule is CC1(C)CCCC(C)(C)N1S(=O)(=O)Cl. The van der Waals surface area contributed by atoms with Crippen LogP contribution in [0.3, 0.4) is 0 Å². The monoisotopic (exact) mass is 239 g/mol. The average molecular weight is 240 g/mol. The Morgan fingerprint density at radius 2 is 1.43 bits per heavy atom. The van der Waals surface area contributed by atoms with Crippen molar-refractivity contribution in [2.24, 2.45) is 0 Å². The number of hydrogen-bond acceptors (Lipinski definition) is 2. The van der Waals surface area contributed by atoms with Gasteiger partial charge in [-0.1, -0.05) is 0 Å². The highest BCUT2D eigenvalue weighted by Crippen LogP contribution is 2.41. The van der Waals surface area contributed by atoms with Gasteiger partial charge < -0.3 is 0 Å². The van der Waals surface area contributed by atoms with Crippen LogP contribution in [-0.2, 0) is 9.24 Å². The molecule has 1 saturated heterocycles. The minimum Gasteiger partial charge on any atom is -0.195 e. The molecule has 0 amide bonds. The summed E-state index contributed by atoms with van der Waals surface area (Å²) in [6.45, 7) is 7.70. The fourth-order valence-corrected chi connectivity index (χ4v) is 5.05. The highest BCUT2D eigenvalue weighted by atomic mass is 35.7. The first-order valence-corrected chi connectivity index (χ1v) is 7.09. The molecule has 0 radical (unpaired) electrons. The van der Waals surface area contributed by atoms with Crippen molar-refractivity contribution in [2.45, 2.75) is 58.0 Å². The van der Waals surface area contributed by atoms with Gasteiger partial charge >= 0.3 is 9.24 Å². The lowest BCUT2D eigenvalue weighted by atomic mass is 9.83. The van der Waals surface area contributed by atoms with Gasteiger partial charge in [-0.05, 0) is 47.0 Å². The summed E-state index contributed by atoms with van der Waals surface area (Å²) < 4.78 is 24.5. The van der Waals surface area contributed by atoms with Crippen molar-refractivity contribution < 1.29 is 8.42 Å².